The fraction of sp³-hybridized carbons (Fsp3) is 1.00. The molecule has 0 bridgehead atoms. The number of hydrogen-bond acceptors (Lipinski definition) is 1. The highest BCUT2D eigenvalue weighted by atomic mass is 16.5. The molecule has 92 valence electrons. The lowest BCUT2D eigenvalue weighted by Crippen LogP contribution is -2.12. The summed E-state index contributed by atoms with van der Waals surface area (Å²) in [5, 5.41) is 0. The molecule has 0 radical (unpaired) electrons. The molecule has 0 aliphatic carbocycles. The van der Waals surface area contributed by atoms with Gasteiger partial charge in [0.25, 0.3) is 0 Å². The topological polar surface area (TPSA) is 9.23 Å². The van der Waals surface area contributed by atoms with Crippen molar-refractivity contribution in [1.82, 2.24) is 0 Å². The molecule has 0 spiro atoms. The molecule has 0 amide bonds. The Labute approximate surface area is 96.6 Å². The lowest BCUT2D eigenvalue weighted by atomic mass is 10.1. The number of hydrogen-bond donors (Lipinski definition) is 0. The Bertz CT molecular complexity index is 99.9. The molecule has 0 aromatic rings. The van der Waals surface area contributed by atoms with E-state index in [9.17, 15) is 0 Å². The van der Waals surface area contributed by atoms with Gasteiger partial charge in [-0.05, 0) is 19.3 Å². The van der Waals surface area contributed by atoms with Crippen molar-refractivity contribution in [3.63, 3.8) is 0 Å². The lowest BCUT2D eigenvalue weighted by Gasteiger charge is -2.15. The van der Waals surface area contributed by atoms with Gasteiger partial charge in [-0.15, -0.1) is 0 Å². The predicted octanol–water partition coefficient (Wildman–Crippen LogP) is 4.94. The van der Waals surface area contributed by atoms with Crippen LogP contribution in [0, 0.1) is 0 Å². The molecule has 1 unspecified atom stereocenters. The summed E-state index contributed by atoms with van der Waals surface area (Å²) in [6.45, 7) is 7.71. The van der Waals surface area contributed by atoms with E-state index in [1.807, 2.05) is 0 Å². The first-order valence-electron chi connectivity index (χ1n) is 6.96. The quantitative estimate of drug-likeness (QED) is 0.442. The van der Waals surface area contributed by atoms with Crippen molar-refractivity contribution >= 4 is 0 Å². The Morgan fingerprint density at radius 2 is 1.47 bits per heavy atom. The second-order valence-electron chi connectivity index (χ2n) is 4.46. The van der Waals surface area contributed by atoms with Gasteiger partial charge in [0.05, 0.1) is 6.10 Å². The number of unbranched alkanes of at least 4 members (excludes halogenated alkanes) is 5. The maximum atomic E-state index is 5.87. The first-order valence-corrected chi connectivity index (χ1v) is 6.96. The first kappa shape index (κ1) is 15.0. The third kappa shape index (κ3) is 10.2. The average Bonchev–Trinajstić information content (AvgIpc) is 2.27. The van der Waals surface area contributed by atoms with Crippen LogP contribution in [0.1, 0.15) is 78.6 Å². The standard InChI is InChI=1S/C14H30O/c1-4-7-9-10-12-14(6-3)15-13-11-8-5-2/h14H,4-13H2,1-3H3. The summed E-state index contributed by atoms with van der Waals surface area (Å²) < 4.78 is 5.87. The van der Waals surface area contributed by atoms with Crippen molar-refractivity contribution in [1.29, 1.82) is 0 Å². The summed E-state index contributed by atoms with van der Waals surface area (Å²) >= 11 is 0. The number of ether oxygens (including phenoxy) is 1. The van der Waals surface area contributed by atoms with Gasteiger partial charge in [-0.2, -0.15) is 0 Å². The molecule has 0 heterocycles. The van der Waals surface area contributed by atoms with Crippen LogP contribution in [0.15, 0.2) is 0 Å². The van der Waals surface area contributed by atoms with Gasteiger partial charge in [0.15, 0.2) is 0 Å². The average molecular weight is 214 g/mol. The molecule has 1 atom stereocenters. The Morgan fingerprint density at radius 1 is 0.800 bits per heavy atom. The van der Waals surface area contributed by atoms with Gasteiger partial charge in [0, 0.05) is 6.61 Å². The largest absolute Gasteiger partial charge is 0.378 e. The molecule has 0 saturated heterocycles. The van der Waals surface area contributed by atoms with Crippen LogP contribution in [0.3, 0.4) is 0 Å². The summed E-state index contributed by atoms with van der Waals surface area (Å²) in [4.78, 5) is 0. The minimum atomic E-state index is 0.527. The van der Waals surface area contributed by atoms with Gasteiger partial charge in [-0.3, -0.25) is 0 Å². The van der Waals surface area contributed by atoms with Gasteiger partial charge in [0.1, 0.15) is 0 Å². The highest BCUT2D eigenvalue weighted by Crippen LogP contribution is 2.11. The molecule has 0 aromatic heterocycles. The zero-order valence-electron chi connectivity index (χ0n) is 11.1. The lowest BCUT2D eigenvalue weighted by molar-refractivity contribution is 0.0409. The molecule has 0 N–H and O–H groups in total. The molecule has 0 fully saturated rings. The molecule has 0 aliphatic rings. The summed E-state index contributed by atoms with van der Waals surface area (Å²) in [5.74, 6) is 0. The third-order valence-corrected chi connectivity index (χ3v) is 2.94. The summed E-state index contributed by atoms with van der Waals surface area (Å²) in [7, 11) is 0. The second kappa shape index (κ2) is 12.0. The molecule has 15 heavy (non-hydrogen) atoms. The van der Waals surface area contributed by atoms with Crippen molar-refractivity contribution in [2.75, 3.05) is 6.61 Å². The minimum Gasteiger partial charge on any atom is -0.378 e. The van der Waals surface area contributed by atoms with Crippen LogP contribution in [0.25, 0.3) is 0 Å². The number of rotatable bonds is 11. The van der Waals surface area contributed by atoms with Crippen molar-refractivity contribution in [3.8, 4) is 0 Å². The van der Waals surface area contributed by atoms with Crippen LogP contribution in [0.2, 0.25) is 0 Å². The van der Waals surface area contributed by atoms with E-state index in [2.05, 4.69) is 20.8 Å². The fourth-order valence-corrected chi connectivity index (χ4v) is 1.81. The Morgan fingerprint density at radius 3 is 2.07 bits per heavy atom. The molecular formula is C14H30O. The van der Waals surface area contributed by atoms with E-state index in [1.54, 1.807) is 0 Å². The summed E-state index contributed by atoms with van der Waals surface area (Å²) in [6.07, 6.45) is 12.2. The highest BCUT2D eigenvalue weighted by Gasteiger charge is 2.05. The van der Waals surface area contributed by atoms with Crippen LogP contribution < -0.4 is 0 Å². The van der Waals surface area contributed by atoms with Crippen molar-refractivity contribution in [3.05, 3.63) is 0 Å². The second-order valence-corrected chi connectivity index (χ2v) is 4.46. The van der Waals surface area contributed by atoms with Gasteiger partial charge in [-0.1, -0.05) is 59.3 Å². The Kier molecular flexibility index (Phi) is 12.0. The summed E-state index contributed by atoms with van der Waals surface area (Å²) in [6, 6.07) is 0. The van der Waals surface area contributed by atoms with Crippen molar-refractivity contribution in [2.45, 2.75) is 84.7 Å². The molecule has 1 heteroatoms. The molecule has 0 aromatic carbocycles. The Hall–Kier alpha value is -0.0400. The van der Waals surface area contributed by atoms with E-state index >= 15 is 0 Å². The normalized spacial score (nSPS) is 13.0. The molecule has 0 rings (SSSR count). The zero-order valence-corrected chi connectivity index (χ0v) is 11.1. The monoisotopic (exact) mass is 214 g/mol. The van der Waals surface area contributed by atoms with Crippen molar-refractivity contribution in [2.24, 2.45) is 0 Å². The van der Waals surface area contributed by atoms with E-state index in [4.69, 9.17) is 4.74 Å². The van der Waals surface area contributed by atoms with Crippen LogP contribution in [0.4, 0.5) is 0 Å². The Balaban J connectivity index is 3.29. The highest BCUT2D eigenvalue weighted by molar-refractivity contribution is 4.56. The van der Waals surface area contributed by atoms with Gasteiger partial charge >= 0.3 is 0 Å². The van der Waals surface area contributed by atoms with Crippen molar-refractivity contribution < 1.29 is 4.74 Å². The van der Waals surface area contributed by atoms with Crippen LogP contribution in [-0.4, -0.2) is 12.7 Å². The first-order chi connectivity index (χ1) is 7.35. The maximum absolute atomic E-state index is 5.87. The zero-order chi connectivity index (χ0) is 11.4. The van der Waals surface area contributed by atoms with E-state index in [0.717, 1.165) is 6.61 Å². The van der Waals surface area contributed by atoms with Crippen LogP contribution in [-0.2, 0) is 4.74 Å². The summed E-state index contributed by atoms with van der Waals surface area (Å²) in [5.41, 5.74) is 0. The molecular weight excluding hydrogens is 184 g/mol. The van der Waals surface area contributed by atoms with Gasteiger partial charge in [-0.25, -0.2) is 0 Å². The van der Waals surface area contributed by atoms with E-state index in [1.165, 1.54) is 57.8 Å². The molecule has 0 aliphatic heterocycles. The molecule has 0 saturated carbocycles. The third-order valence-electron chi connectivity index (χ3n) is 2.94. The fourth-order valence-electron chi connectivity index (χ4n) is 1.81. The van der Waals surface area contributed by atoms with E-state index in [-0.39, 0.29) is 0 Å². The smallest absolute Gasteiger partial charge is 0.0572 e. The van der Waals surface area contributed by atoms with E-state index < -0.39 is 0 Å². The van der Waals surface area contributed by atoms with E-state index in [0.29, 0.717) is 6.10 Å². The molecule has 1 nitrogen and oxygen atoms in total. The maximum Gasteiger partial charge on any atom is 0.0572 e. The minimum absolute atomic E-state index is 0.527. The van der Waals surface area contributed by atoms with Gasteiger partial charge < -0.3 is 4.74 Å². The predicted molar refractivity (Wildman–Crippen MR) is 68.3 cm³/mol. The SMILES string of the molecule is CCCCCCC(CC)OCCCCC. The van der Waals surface area contributed by atoms with Crippen LogP contribution >= 0.6 is 0 Å². The van der Waals surface area contributed by atoms with Gasteiger partial charge in [0.2, 0.25) is 0 Å². The van der Waals surface area contributed by atoms with Crippen LogP contribution in [0.5, 0.6) is 0 Å².